The van der Waals surface area contributed by atoms with E-state index in [1.807, 2.05) is 0 Å². The second-order valence-electron chi connectivity index (χ2n) is 4.06. The second kappa shape index (κ2) is 5.90. The van der Waals surface area contributed by atoms with E-state index in [4.69, 9.17) is 10.7 Å². The molecule has 0 aromatic carbocycles. The van der Waals surface area contributed by atoms with Crippen molar-refractivity contribution in [3.8, 4) is 0 Å². The summed E-state index contributed by atoms with van der Waals surface area (Å²) >= 11 is 0.875. The maximum atomic E-state index is 12.1. The minimum atomic E-state index is -4.36. The van der Waals surface area contributed by atoms with Crippen molar-refractivity contribution in [2.45, 2.75) is 24.4 Å². The van der Waals surface area contributed by atoms with E-state index in [0.717, 1.165) is 22.3 Å². The fraction of sp³-hybridized carbons (Fsp3) is 0.500. The Kier molecular flexibility index (Phi) is 5.09. The molecular weight excluding hydrogens is 339 g/mol. The van der Waals surface area contributed by atoms with Crippen LogP contribution in [0.3, 0.4) is 0 Å². The van der Waals surface area contributed by atoms with Gasteiger partial charge in [-0.1, -0.05) is 0 Å². The highest BCUT2D eigenvalue weighted by molar-refractivity contribution is 8.13. The lowest BCUT2D eigenvalue weighted by molar-refractivity contribution is -0.136. The molecule has 1 amide bonds. The van der Waals surface area contributed by atoms with Crippen molar-refractivity contribution in [2.75, 3.05) is 13.6 Å². The van der Waals surface area contributed by atoms with Crippen LogP contribution in [0.2, 0.25) is 0 Å². The maximum absolute atomic E-state index is 12.1. The van der Waals surface area contributed by atoms with Gasteiger partial charge in [0.1, 0.15) is 0 Å². The molecule has 0 fully saturated rings. The number of nitrogens with zero attached hydrogens (tertiary/aromatic N) is 1. The number of hydrogen-bond donors (Lipinski definition) is 0. The molecule has 10 heteroatoms. The minimum absolute atomic E-state index is 0.0337. The van der Waals surface area contributed by atoms with Gasteiger partial charge in [0.05, 0.1) is 16.2 Å². The molecule has 0 aliphatic heterocycles. The van der Waals surface area contributed by atoms with Crippen LogP contribution in [0, 0.1) is 6.92 Å². The van der Waals surface area contributed by atoms with Crippen molar-refractivity contribution in [2.24, 2.45) is 0 Å². The fourth-order valence-corrected chi connectivity index (χ4v) is 4.06. The Morgan fingerprint density at radius 1 is 1.45 bits per heavy atom. The number of amides is 1. The zero-order valence-electron chi connectivity index (χ0n) is 10.5. The lowest BCUT2D eigenvalue weighted by atomic mass is 10.3. The van der Waals surface area contributed by atoms with E-state index in [0.29, 0.717) is 4.88 Å². The van der Waals surface area contributed by atoms with Crippen molar-refractivity contribution in [1.29, 1.82) is 0 Å². The third kappa shape index (κ3) is 4.64. The lowest BCUT2D eigenvalue weighted by Crippen LogP contribution is -2.30. The number of alkyl halides is 3. The summed E-state index contributed by atoms with van der Waals surface area (Å²) in [6, 6.07) is 1.08. The molecule has 0 radical (unpaired) electrons. The van der Waals surface area contributed by atoms with Gasteiger partial charge in [0.2, 0.25) is 0 Å². The summed E-state index contributed by atoms with van der Waals surface area (Å²) in [7, 11) is 2.43. The Hall–Kier alpha value is -0.800. The van der Waals surface area contributed by atoms with E-state index in [1.165, 1.54) is 14.0 Å². The van der Waals surface area contributed by atoms with Gasteiger partial charge >= 0.3 is 6.18 Å². The maximum Gasteiger partial charge on any atom is 0.390 e. The number of carbonyl (C=O) groups excluding carboxylic acids is 1. The lowest BCUT2D eigenvalue weighted by Gasteiger charge is -2.17. The van der Waals surface area contributed by atoms with Crippen LogP contribution in [0.25, 0.3) is 0 Å². The summed E-state index contributed by atoms with van der Waals surface area (Å²) in [6.07, 6.45) is -5.48. The third-order valence-electron chi connectivity index (χ3n) is 2.42. The first-order chi connectivity index (χ1) is 8.92. The standard InChI is InChI=1S/C10H11ClF3NO3S2/c1-6-8(20(11,17)18)5-7(19-6)9(16)15(2)4-3-10(12,13)14/h5H,3-4H2,1-2H3. The van der Waals surface area contributed by atoms with Crippen LogP contribution in [0.1, 0.15) is 21.0 Å². The molecule has 0 spiro atoms. The average Bonchev–Trinajstić information content (AvgIpc) is 2.65. The van der Waals surface area contributed by atoms with Gasteiger partial charge in [-0.15, -0.1) is 11.3 Å². The molecule has 0 unspecified atom stereocenters. The number of thiophene rings is 1. The Morgan fingerprint density at radius 2 is 2.00 bits per heavy atom. The van der Waals surface area contributed by atoms with Gasteiger partial charge in [0.25, 0.3) is 15.0 Å². The Bertz CT molecular complexity index is 610. The highest BCUT2D eigenvalue weighted by Gasteiger charge is 2.29. The van der Waals surface area contributed by atoms with Gasteiger partial charge in [-0.05, 0) is 13.0 Å². The van der Waals surface area contributed by atoms with E-state index in [2.05, 4.69) is 0 Å². The highest BCUT2D eigenvalue weighted by atomic mass is 35.7. The number of rotatable bonds is 4. The van der Waals surface area contributed by atoms with Gasteiger partial charge in [0, 0.05) is 29.2 Å². The first-order valence-corrected chi connectivity index (χ1v) is 8.41. The van der Waals surface area contributed by atoms with Crippen molar-refractivity contribution in [3.05, 3.63) is 15.8 Å². The molecule has 4 nitrogen and oxygen atoms in total. The molecule has 1 rings (SSSR count). The highest BCUT2D eigenvalue weighted by Crippen LogP contribution is 2.29. The summed E-state index contributed by atoms with van der Waals surface area (Å²) in [6.45, 7) is 0.967. The molecule has 1 aromatic rings. The van der Waals surface area contributed by atoms with Gasteiger partial charge in [-0.25, -0.2) is 8.42 Å². The van der Waals surface area contributed by atoms with Crippen LogP contribution in [0.4, 0.5) is 13.2 Å². The van der Waals surface area contributed by atoms with E-state index >= 15 is 0 Å². The molecule has 0 N–H and O–H groups in total. The molecule has 0 bridgehead atoms. The first-order valence-electron chi connectivity index (χ1n) is 5.29. The van der Waals surface area contributed by atoms with E-state index in [-0.39, 0.29) is 9.77 Å². The summed E-state index contributed by atoms with van der Waals surface area (Å²) in [5.74, 6) is -0.672. The monoisotopic (exact) mass is 349 g/mol. The van der Waals surface area contributed by atoms with Crippen molar-refractivity contribution in [3.63, 3.8) is 0 Å². The molecule has 0 saturated carbocycles. The molecule has 114 valence electrons. The van der Waals surface area contributed by atoms with Crippen LogP contribution >= 0.6 is 22.0 Å². The molecule has 20 heavy (non-hydrogen) atoms. The Balaban J connectivity index is 2.88. The summed E-state index contributed by atoms with van der Waals surface area (Å²) in [5.41, 5.74) is 0. The van der Waals surface area contributed by atoms with Crippen LogP contribution in [-0.4, -0.2) is 39.0 Å². The Labute approximate surface area is 122 Å². The summed E-state index contributed by atoms with van der Waals surface area (Å²) < 4.78 is 58.7. The van der Waals surface area contributed by atoms with E-state index in [1.54, 1.807) is 0 Å². The predicted molar refractivity (Wildman–Crippen MR) is 69.7 cm³/mol. The van der Waals surface area contributed by atoms with Crippen LogP contribution in [0.5, 0.6) is 0 Å². The molecule has 0 saturated heterocycles. The zero-order chi connectivity index (χ0) is 15.7. The topological polar surface area (TPSA) is 54.5 Å². The first kappa shape index (κ1) is 17.3. The van der Waals surface area contributed by atoms with Crippen LogP contribution < -0.4 is 0 Å². The molecular formula is C10H11ClF3NO3S2. The van der Waals surface area contributed by atoms with Gasteiger partial charge in [0.15, 0.2) is 0 Å². The van der Waals surface area contributed by atoms with Crippen molar-refractivity contribution < 1.29 is 26.4 Å². The van der Waals surface area contributed by atoms with Gasteiger partial charge in [-0.2, -0.15) is 13.2 Å². The summed E-state index contributed by atoms with van der Waals surface area (Å²) in [4.78, 5) is 12.9. The van der Waals surface area contributed by atoms with E-state index in [9.17, 15) is 26.4 Å². The quantitative estimate of drug-likeness (QED) is 0.785. The number of carbonyl (C=O) groups is 1. The normalized spacial score (nSPS) is 12.5. The zero-order valence-corrected chi connectivity index (χ0v) is 12.9. The van der Waals surface area contributed by atoms with Gasteiger partial charge < -0.3 is 4.90 Å². The van der Waals surface area contributed by atoms with Crippen molar-refractivity contribution >= 4 is 37.0 Å². The number of halogens is 4. The minimum Gasteiger partial charge on any atom is -0.341 e. The SMILES string of the molecule is Cc1sc(C(=O)N(C)CCC(F)(F)F)cc1S(=O)(=O)Cl. The predicted octanol–water partition coefficient (Wildman–Crippen LogP) is 3.01. The fourth-order valence-electron chi connectivity index (χ4n) is 1.40. The van der Waals surface area contributed by atoms with E-state index < -0.39 is 34.1 Å². The van der Waals surface area contributed by atoms with Crippen LogP contribution in [-0.2, 0) is 9.05 Å². The molecule has 0 aliphatic carbocycles. The molecule has 1 aromatic heterocycles. The third-order valence-corrected chi connectivity index (χ3v) is 5.04. The number of aryl methyl sites for hydroxylation is 1. The molecule has 1 heterocycles. The Morgan fingerprint density at radius 3 is 2.40 bits per heavy atom. The molecule has 0 atom stereocenters. The van der Waals surface area contributed by atoms with Gasteiger partial charge in [-0.3, -0.25) is 4.79 Å². The summed E-state index contributed by atoms with van der Waals surface area (Å²) in [5, 5.41) is 0. The second-order valence-corrected chi connectivity index (χ2v) is 7.85. The smallest absolute Gasteiger partial charge is 0.341 e. The largest absolute Gasteiger partial charge is 0.390 e. The molecule has 0 aliphatic rings. The average molecular weight is 350 g/mol. The van der Waals surface area contributed by atoms with Crippen molar-refractivity contribution in [1.82, 2.24) is 4.90 Å². The van der Waals surface area contributed by atoms with Crippen LogP contribution in [0.15, 0.2) is 11.0 Å². The number of hydrogen-bond acceptors (Lipinski definition) is 4.